The predicted octanol–water partition coefficient (Wildman–Crippen LogP) is 1.24. The van der Waals surface area contributed by atoms with E-state index in [2.05, 4.69) is 40.8 Å². The van der Waals surface area contributed by atoms with E-state index in [1.54, 1.807) is 0 Å². The summed E-state index contributed by atoms with van der Waals surface area (Å²) in [5, 5.41) is 3.36. The summed E-state index contributed by atoms with van der Waals surface area (Å²) in [5.41, 5.74) is 0. The summed E-state index contributed by atoms with van der Waals surface area (Å²) >= 11 is 0. The molecular formula is C12H22N4. The molecule has 0 bridgehead atoms. The van der Waals surface area contributed by atoms with Crippen LogP contribution in [0.5, 0.6) is 0 Å². The highest BCUT2D eigenvalue weighted by atomic mass is 15.3. The molecule has 1 aliphatic rings. The highest BCUT2D eigenvalue weighted by Crippen LogP contribution is 2.23. The van der Waals surface area contributed by atoms with Crippen LogP contribution >= 0.6 is 0 Å². The Kier molecular flexibility index (Phi) is 3.49. The van der Waals surface area contributed by atoms with Gasteiger partial charge >= 0.3 is 0 Å². The summed E-state index contributed by atoms with van der Waals surface area (Å²) in [5.74, 6) is 1.91. The first-order valence-corrected chi connectivity index (χ1v) is 6.12. The zero-order valence-electron chi connectivity index (χ0n) is 10.5. The van der Waals surface area contributed by atoms with Crippen LogP contribution in [0.25, 0.3) is 0 Å². The second kappa shape index (κ2) is 4.87. The van der Waals surface area contributed by atoms with E-state index in [4.69, 9.17) is 0 Å². The van der Waals surface area contributed by atoms with Crippen LogP contribution in [-0.2, 0) is 7.05 Å². The summed E-state index contributed by atoms with van der Waals surface area (Å²) in [6, 6.07) is 0.628. The molecule has 16 heavy (non-hydrogen) atoms. The second-order valence-electron chi connectivity index (χ2n) is 4.74. The monoisotopic (exact) mass is 222 g/mol. The average molecular weight is 222 g/mol. The smallest absolute Gasteiger partial charge is 0.205 e. The van der Waals surface area contributed by atoms with Crippen LogP contribution in [0.1, 0.15) is 19.8 Å². The van der Waals surface area contributed by atoms with Gasteiger partial charge in [-0.25, -0.2) is 4.98 Å². The molecule has 0 saturated carbocycles. The van der Waals surface area contributed by atoms with Gasteiger partial charge < -0.3 is 14.8 Å². The number of aryl methyl sites for hydroxylation is 1. The predicted molar refractivity (Wildman–Crippen MR) is 66.7 cm³/mol. The number of piperidine rings is 1. The van der Waals surface area contributed by atoms with Gasteiger partial charge in [-0.1, -0.05) is 0 Å². The van der Waals surface area contributed by atoms with Gasteiger partial charge in [0.05, 0.1) is 0 Å². The maximum atomic E-state index is 4.40. The maximum absolute atomic E-state index is 4.40. The van der Waals surface area contributed by atoms with Gasteiger partial charge in [-0.15, -0.1) is 0 Å². The molecule has 0 aliphatic carbocycles. The molecule has 4 heteroatoms. The number of anilines is 1. The SMILES string of the molecule is CNC(C)C1CCN(c2nccn2C)CC1. The van der Waals surface area contributed by atoms with Crippen molar-refractivity contribution in [2.75, 3.05) is 25.0 Å². The first-order chi connectivity index (χ1) is 7.72. The summed E-state index contributed by atoms with van der Waals surface area (Å²) in [4.78, 5) is 6.79. The Bertz CT molecular complexity index is 326. The number of imidazole rings is 1. The largest absolute Gasteiger partial charge is 0.342 e. The Morgan fingerprint density at radius 3 is 2.62 bits per heavy atom. The number of rotatable bonds is 3. The molecule has 1 saturated heterocycles. The molecule has 1 aromatic heterocycles. The number of nitrogens with zero attached hydrogens (tertiary/aromatic N) is 3. The van der Waals surface area contributed by atoms with Crippen molar-refractivity contribution in [3.8, 4) is 0 Å². The third-order valence-corrected chi connectivity index (χ3v) is 3.78. The van der Waals surface area contributed by atoms with Crippen LogP contribution in [0.3, 0.4) is 0 Å². The van der Waals surface area contributed by atoms with Gasteiger partial charge in [0.25, 0.3) is 0 Å². The van der Waals surface area contributed by atoms with Crippen molar-refractivity contribution in [3.63, 3.8) is 0 Å². The normalized spacial score (nSPS) is 20.1. The van der Waals surface area contributed by atoms with Gasteiger partial charge in [0.15, 0.2) is 0 Å². The fraction of sp³-hybridized carbons (Fsp3) is 0.750. The van der Waals surface area contributed by atoms with Gasteiger partial charge in [0, 0.05) is 38.6 Å². The molecule has 0 amide bonds. The van der Waals surface area contributed by atoms with Gasteiger partial charge in [-0.05, 0) is 32.7 Å². The van der Waals surface area contributed by atoms with Crippen LogP contribution in [-0.4, -0.2) is 35.7 Å². The topological polar surface area (TPSA) is 33.1 Å². The lowest BCUT2D eigenvalue weighted by Gasteiger charge is -2.35. The molecule has 1 fully saturated rings. The third-order valence-electron chi connectivity index (χ3n) is 3.78. The van der Waals surface area contributed by atoms with Gasteiger partial charge in [-0.3, -0.25) is 0 Å². The minimum absolute atomic E-state index is 0.628. The molecule has 0 spiro atoms. The summed E-state index contributed by atoms with van der Waals surface area (Å²) in [7, 11) is 4.11. The fourth-order valence-corrected chi connectivity index (χ4v) is 2.50. The lowest BCUT2D eigenvalue weighted by molar-refractivity contribution is 0.321. The maximum Gasteiger partial charge on any atom is 0.205 e. The summed E-state index contributed by atoms with van der Waals surface area (Å²) < 4.78 is 2.10. The first-order valence-electron chi connectivity index (χ1n) is 6.12. The Balaban J connectivity index is 1.93. The lowest BCUT2D eigenvalue weighted by Crippen LogP contribution is -2.41. The molecule has 0 aromatic carbocycles. The van der Waals surface area contributed by atoms with Crippen molar-refractivity contribution in [2.45, 2.75) is 25.8 Å². The van der Waals surface area contributed by atoms with E-state index in [1.165, 1.54) is 12.8 Å². The standard InChI is InChI=1S/C12H22N4/c1-10(13-2)11-4-7-16(8-5-11)12-14-6-9-15(12)3/h6,9-11,13H,4-5,7-8H2,1-3H3. The molecular weight excluding hydrogens is 200 g/mol. The Hall–Kier alpha value is -1.03. The minimum Gasteiger partial charge on any atom is -0.342 e. The Morgan fingerprint density at radius 2 is 2.12 bits per heavy atom. The minimum atomic E-state index is 0.628. The number of hydrogen-bond acceptors (Lipinski definition) is 3. The number of aromatic nitrogens is 2. The van der Waals surface area contributed by atoms with Gasteiger partial charge in [0.2, 0.25) is 5.95 Å². The van der Waals surface area contributed by atoms with E-state index < -0.39 is 0 Å². The quantitative estimate of drug-likeness (QED) is 0.835. The molecule has 1 aliphatic heterocycles. The van der Waals surface area contributed by atoms with E-state index in [-0.39, 0.29) is 0 Å². The highest BCUT2D eigenvalue weighted by molar-refractivity contribution is 5.31. The third kappa shape index (κ3) is 2.21. The van der Waals surface area contributed by atoms with Crippen molar-refractivity contribution in [2.24, 2.45) is 13.0 Å². The summed E-state index contributed by atoms with van der Waals surface area (Å²) in [6.45, 7) is 4.53. The Morgan fingerprint density at radius 1 is 1.44 bits per heavy atom. The van der Waals surface area contributed by atoms with Crippen LogP contribution in [0.2, 0.25) is 0 Å². The number of nitrogens with one attached hydrogen (secondary N) is 1. The highest BCUT2D eigenvalue weighted by Gasteiger charge is 2.24. The lowest BCUT2D eigenvalue weighted by atomic mass is 9.90. The molecule has 1 unspecified atom stereocenters. The molecule has 1 atom stereocenters. The zero-order chi connectivity index (χ0) is 11.5. The number of hydrogen-bond donors (Lipinski definition) is 1. The van der Waals surface area contributed by atoms with Crippen LogP contribution in [0.4, 0.5) is 5.95 Å². The van der Waals surface area contributed by atoms with Gasteiger partial charge in [0.1, 0.15) is 0 Å². The average Bonchev–Trinajstić information content (AvgIpc) is 2.75. The van der Waals surface area contributed by atoms with Crippen LogP contribution < -0.4 is 10.2 Å². The van der Waals surface area contributed by atoms with E-state index >= 15 is 0 Å². The summed E-state index contributed by atoms with van der Waals surface area (Å²) in [6.07, 6.45) is 6.40. The van der Waals surface area contributed by atoms with E-state index in [0.29, 0.717) is 6.04 Å². The van der Waals surface area contributed by atoms with E-state index in [9.17, 15) is 0 Å². The van der Waals surface area contributed by atoms with Crippen molar-refractivity contribution in [3.05, 3.63) is 12.4 Å². The van der Waals surface area contributed by atoms with Crippen LogP contribution in [0.15, 0.2) is 12.4 Å². The molecule has 4 nitrogen and oxygen atoms in total. The molecule has 1 N–H and O–H groups in total. The molecule has 90 valence electrons. The molecule has 2 heterocycles. The van der Waals surface area contributed by atoms with Crippen molar-refractivity contribution in [1.82, 2.24) is 14.9 Å². The van der Waals surface area contributed by atoms with Crippen molar-refractivity contribution < 1.29 is 0 Å². The molecule has 2 rings (SSSR count). The zero-order valence-corrected chi connectivity index (χ0v) is 10.5. The van der Waals surface area contributed by atoms with E-state index in [0.717, 1.165) is 25.0 Å². The molecule has 0 radical (unpaired) electrons. The van der Waals surface area contributed by atoms with E-state index in [1.807, 2.05) is 12.4 Å². The van der Waals surface area contributed by atoms with Gasteiger partial charge in [-0.2, -0.15) is 0 Å². The Labute approximate surface area is 97.7 Å². The van der Waals surface area contributed by atoms with Crippen LogP contribution in [0, 0.1) is 5.92 Å². The first kappa shape index (κ1) is 11.5. The molecule has 1 aromatic rings. The van der Waals surface area contributed by atoms with Crippen molar-refractivity contribution in [1.29, 1.82) is 0 Å². The second-order valence-corrected chi connectivity index (χ2v) is 4.74. The van der Waals surface area contributed by atoms with Crippen molar-refractivity contribution >= 4 is 5.95 Å². The fourth-order valence-electron chi connectivity index (χ4n) is 2.50.